The predicted molar refractivity (Wildman–Crippen MR) is 67.4 cm³/mol. The highest BCUT2D eigenvalue weighted by molar-refractivity contribution is 5.85. The summed E-state index contributed by atoms with van der Waals surface area (Å²) in [7, 11) is 0. The van der Waals surface area contributed by atoms with Crippen molar-refractivity contribution in [3.8, 4) is 0 Å². The van der Waals surface area contributed by atoms with E-state index >= 15 is 0 Å². The number of hydrogen-bond acceptors (Lipinski definition) is 4. The molecule has 0 fully saturated rings. The zero-order valence-corrected chi connectivity index (χ0v) is 10.4. The number of anilines is 2. The lowest BCUT2D eigenvalue weighted by molar-refractivity contribution is 0.0690. The van der Waals surface area contributed by atoms with E-state index in [-0.39, 0.29) is 11.7 Å². The van der Waals surface area contributed by atoms with Crippen LogP contribution in [-0.4, -0.2) is 16.1 Å². The summed E-state index contributed by atoms with van der Waals surface area (Å²) in [4.78, 5) is 14.5. The maximum absolute atomic E-state index is 10.7. The third kappa shape index (κ3) is 2.34. The summed E-state index contributed by atoms with van der Waals surface area (Å²) in [6, 6.07) is 4.26. The van der Waals surface area contributed by atoms with Crippen LogP contribution in [0.2, 0.25) is 0 Å². The molecule has 0 bridgehead atoms. The van der Waals surface area contributed by atoms with E-state index in [0.29, 0.717) is 0 Å². The van der Waals surface area contributed by atoms with Gasteiger partial charge in [-0.25, -0.2) is 4.79 Å². The Morgan fingerprint density at radius 3 is 2.39 bits per heavy atom. The molecule has 0 aliphatic carbocycles. The third-order valence-corrected chi connectivity index (χ3v) is 2.63. The standard InChI is InChI=1S/C13H14N2O3/c1-7-4-8(2)11(9(3)5-7)15-13-14-10(6-18-13)12(16)17/h4-6H,1-3H3,(H,14,15)(H,16,17). The fourth-order valence-electron chi connectivity index (χ4n) is 1.91. The lowest BCUT2D eigenvalue weighted by Gasteiger charge is -2.10. The molecule has 94 valence electrons. The summed E-state index contributed by atoms with van der Waals surface area (Å²) < 4.78 is 5.07. The number of nitrogens with zero attached hydrogens (tertiary/aromatic N) is 1. The SMILES string of the molecule is Cc1cc(C)c(Nc2nc(C(=O)O)co2)c(C)c1. The highest BCUT2D eigenvalue weighted by Crippen LogP contribution is 2.25. The fourth-order valence-corrected chi connectivity index (χ4v) is 1.91. The van der Waals surface area contributed by atoms with Crippen LogP contribution in [0.5, 0.6) is 0 Å². The van der Waals surface area contributed by atoms with Gasteiger partial charge < -0.3 is 14.8 Å². The molecule has 5 nitrogen and oxygen atoms in total. The largest absolute Gasteiger partial charge is 0.476 e. The number of benzene rings is 1. The monoisotopic (exact) mass is 246 g/mol. The van der Waals surface area contributed by atoms with E-state index < -0.39 is 5.97 Å². The summed E-state index contributed by atoms with van der Waals surface area (Å²) in [5, 5.41) is 11.8. The Bertz CT molecular complexity index is 579. The lowest BCUT2D eigenvalue weighted by atomic mass is 10.1. The molecule has 2 N–H and O–H groups in total. The van der Waals surface area contributed by atoms with Crippen molar-refractivity contribution in [2.75, 3.05) is 5.32 Å². The van der Waals surface area contributed by atoms with Crippen LogP contribution in [0.1, 0.15) is 27.2 Å². The van der Waals surface area contributed by atoms with Crippen molar-refractivity contribution in [2.45, 2.75) is 20.8 Å². The number of aromatic carboxylic acids is 1. The first-order valence-electron chi connectivity index (χ1n) is 5.51. The smallest absolute Gasteiger partial charge is 0.357 e. The first-order valence-corrected chi connectivity index (χ1v) is 5.51. The van der Waals surface area contributed by atoms with Crippen molar-refractivity contribution in [3.05, 3.63) is 40.8 Å². The van der Waals surface area contributed by atoms with Gasteiger partial charge in [-0.15, -0.1) is 0 Å². The molecule has 2 aromatic rings. The Morgan fingerprint density at radius 2 is 1.89 bits per heavy atom. The number of rotatable bonds is 3. The number of aromatic nitrogens is 1. The van der Waals surface area contributed by atoms with Crippen molar-refractivity contribution >= 4 is 17.7 Å². The molecule has 0 saturated heterocycles. The van der Waals surface area contributed by atoms with Gasteiger partial charge in [-0.2, -0.15) is 4.98 Å². The van der Waals surface area contributed by atoms with E-state index in [9.17, 15) is 4.79 Å². The van der Waals surface area contributed by atoms with Gasteiger partial charge in [0.25, 0.3) is 6.01 Å². The molecule has 0 amide bonds. The summed E-state index contributed by atoms with van der Waals surface area (Å²) in [5.74, 6) is -1.11. The van der Waals surface area contributed by atoms with Crippen LogP contribution in [0, 0.1) is 20.8 Å². The Morgan fingerprint density at radius 1 is 1.28 bits per heavy atom. The molecule has 18 heavy (non-hydrogen) atoms. The zero-order valence-electron chi connectivity index (χ0n) is 10.4. The predicted octanol–water partition coefficient (Wildman–Crippen LogP) is 3.04. The lowest BCUT2D eigenvalue weighted by Crippen LogP contribution is -1.99. The molecule has 0 radical (unpaired) electrons. The second-order valence-corrected chi connectivity index (χ2v) is 4.24. The van der Waals surface area contributed by atoms with Gasteiger partial charge in [0.05, 0.1) is 0 Å². The quantitative estimate of drug-likeness (QED) is 0.870. The third-order valence-electron chi connectivity index (χ3n) is 2.63. The van der Waals surface area contributed by atoms with Crippen molar-refractivity contribution < 1.29 is 14.3 Å². The van der Waals surface area contributed by atoms with Crippen molar-refractivity contribution in [2.24, 2.45) is 0 Å². The molecular weight excluding hydrogens is 232 g/mol. The molecule has 1 aromatic heterocycles. The number of hydrogen-bond donors (Lipinski definition) is 2. The molecule has 0 aliphatic heterocycles. The highest BCUT2D eigenvalue weighted by Gasteiger charge is 2.12. The van der Waals surface area contributed by atoms with Crippen LogP contribution in [0.15, 0.2) is 22.8 Å². The van der Waals surface area contributed by atoms with E-state index in [1.165, 1.54) is 5.56 Å². The number of oxazole rings is 1. The molecule has 0 aliphatic rings. The normalized spacial score (nSPS) is 10.4. The Kier molecular flexibility index (Phi) is 3.06. The topological polar surface area (TPSA) is 75.4 Å². The van der Waals surface area contributed by atoms with E-state index in [2.05, 4.69) is 10.3 Å². The average Bonchev–Trinajstić information content (AvgIpc) is 2.71. The van der Waals surface area contributed by atoms with Gasteiger partial charge in [0.15, 0.2) is 5.69 Å². The molecular formula is C13H14N2O3. The Hall–Kier alpha value is -2.30. The fraction of sp³-hybridized carbons (Fsp3) is 0.231. The number of aryl methyl sites for hydroxylation is 3. The van der Waals surface area contributed by atoms with Gasteiger partial charge in [-0.3, -0.25) is 0 Å². The van der Waals surface area contributed by atoms with Crippen molar-refractivity contribution in [1.82, 2.24) is 4.98 Å². The molecule has 0 saturated carbocycles. The van der Waals surface area contributed by atoms with Crippen LogP contribution < -0.4 is 5.32 Å². The maximum Gasteiger partial charge on any atom is 0.357 e. The molecule has 5 heteroatoms. The zero-order chi connectivity index (χ0) is 13.3. The van der Waals surface area contributed by atoms with Gasteiger partial charge >= 0.3 is 5.97 Å². The summed E-state index contributed by atoms with van der Waals surface area (Å²) >= 11 is 0. The summed E-state index contributed by atoms with van der Waals surface area (Å²) in [6.45, 7) is 5.98. The average molecular weight is 246 g/mol. The number of carboxylic acids is 1. The van der Waals surface area contributed by atoms with Gasteiger partial charge in [0.2, 0.25) is 0 Å². The Labute approximate surface area is 104 Å². The minimum absolute atomic E-state index is 0.111. The number of carboxylic acid groups (broad SMARTS) is 1. The van der Waals surface area contributed by atoms with Gasteiger partial charge in [-0.1, -0.05) is 17.7 Å². The first kappa shape index (κ1) is 12.2. The van der Waals surface area contributed by atoms with Gasteiger partial charge in [0, 0.05) is 5.69 Å². The number of nitrogens with one attached hydrogen (secondary N) is 1. The first-order chi connectivity index (χ1) is 8.47. The maximum atomic E-state index is 10.7. The van der Waals surface area contributed by atoms with Crippen LogP contribution in [-0.2, 0) is 0 Å². The second-order valence-electron chi connectivity index (χ2n) is 4.24. The van der Waals surface area contributed by atoms with Crippen LogP contribution in [0.4, 0.5) is 11.7 Å². The van der Waals surface area contributed by atoms with E-state index in [0.717, 1.165) is 23.1 Å². The molecule has 2 rings (SSSR count). The number of carbonyl (C=O) groups is 1. The highest BCUT2D eigenvalue weighted by atomic mass is 16.4. The molecule has 1 aromatic carbocycles. The van der Waals surface area contributed by atoms with E-state index in [4.69, 9.17) is 9.52 Å². The van der Waals surface area contributed by atoms with E-state index in [1.54, 1.807) is 0 Å². The second kappa shape index (κ2) is 4.52. The van der Waals surface area contributed by atoms with Crippen molar-refractivity contribution in [1.29, 1.82) is 0 Å². The van der Waals surface area contributed by atoms with Gasteiger partial charge in [0.1, 0.15) is 6.26 Å². The minimum atomic E-state index is -1.11. The van der Waals surface area contributed by atoms with Crippen LogP contribution in [0.3, 0.4) is 0 Å². The molecule has 1 heterocycles. The van der Waals surface area contributed by atoms with Crippen LogP contribution >= 0.6 is 0 Å². The van der Waals surface area contributed by atoms with E-state index in [1.807, 2.05) is 32.9 Å². The molecule has 0 atom stereocenters. The van der Waals surface area contributed by atoms with Crippen LogP contribution in [0.25, 0.3) is 0 Å². The summed E-state index contributed by atoms with van der Waals surface area (Å²) in [6.07, 6.45) is 1.11. The van der Waals surface area contributed by atoms with Crippen molar-refractivity contribution in [3.63, 3.8) is 0 Å². The minimum Gasteiger partial charge on any atom is -0.476 e. The molecule has 0 unspecified atom stereocenters. The molecule has 0 spiro atoms. The Balaban J connectivity index is 2.31. The van der Waals surface area contributed by atoms with Gasteiger partial charge in [-0.05, 0) is 31.9 Å². The summed E-state index contributed by atoms with van der Waals surface area (Å²) in [5.41, 5.74) is 4.07.